The van der Waals surface area contributed by atoms with Gasteiger partial charge in [-0.15, -0.1) is 24.0 Å². The van der Waals surface area contributed by atoms with Gasteiger partial charge >= 0.3 is 0 Å². The topological polar surface area (TPSA) is 95.6 Å². The number of aliphatic hydroxyl groups excluding tert-OH is 1. The Kier molecular flexibility index (Phi) is 8.78. The number of aliphatic imine (C=N–C) groups is 1. The first-order valence-corrected chi connectivity index (χ1v) is 9.33. The third-order valence-corrected chi connectivity index (χ3v) is 4.54. The number of nitrogens with zero attached hydrogens (tertiary/aromatic N) is 3. The highest BCUT2D eigenvalue weighted by Gasteiger charge is 2.20. The minimum atomic E-state index is -0.170. The second-order valence-corrected chi connectivity index (χ2v) is 6.80. The van der Waals surface area contributed by atoms with Crippen molar-refractivity contribution in [3.8, 4) is 11.4 Å². The molecule has 3 N–H and O–H groups in total. The molecule has 1 aromatic heterocycles. The Bertz CT molecular complexity index is 747. The van der Waals surface area contributed by atoms with Crippen molar-refractivity contribution in [2.45, 2.75) is 51.3 Å². The summed E-state index contributed by atoms with van der Waals surface area (Å²) in [6, 6.07) is 7.64. The largest absolute Gasteiger partial charge is 0.393 e. The van der Waals surface area contributed by atoms with E-state index in [0.29, 0.717) is 22.8 Å². The lowest BCUT2D eigenvalue weighted by molar-refractivity contribution is 0.120. The molecule has 0 aliphatic heterocycles. The molecule has 0 spiro atoms. The van der Waals surface area contributed by atoms with Gasteiger partial charge in [0.05, 0.1) is 6.10 Å². The van der Waals surface area contributed by atoms with Gasteiger partial charge in [0, 0.05) is 23.2 Å². The Hall–Kier alpha value is -1.39. The summed E-state index contributed by atoms with van der Waals surface area (Å²) in [6.45, 7) is 3.07. The Morgan fingerprint density at radius 1 is 1.33 bits per heavy atom. The van der Waals surface area contributed by atoms with E-state index in [1.165, 1.54) is 0 Å². The standard InChI is InChI=1S/C18H24ClN5O2.HI/c1-2-20-18(22-14-6-8-15(25)9-7-14)21-11-16-23-17(24-26-16)12-4-3-5-13(19)10-12;/h3-5,10,14-15,25H,2,6-9,11H2,1H3,(H2,20,21,22);1H. The molecule has 9 heteroatoms. The highest BCUT2D eigenvalue weighted by molar-refractivity contribution is 14.0. The van der Waals surface area contributed by atoms with Crippen LogP contribution in [-0.2, 0) is 6.54 Å². The summed E-state index contributed by atoms with van der Waals surface area (Å²) in [5, 5.41) is 20.9. The normalized spacial score (nSPS) is 20.0. The van der Waals surface area contributed by atoms with E-state index < -0.39 is 0 Å². The number of hydrogen-bond donors (Lipinski definition) is 3. The molecule has 3 rings (SSSR count). The van der Waals surface area contributed by atoms with Crippen molar-refractivity contribution in [1.82, 2.24) is 20.8 Å². The molecule has 1 fully saturated rings. The third kappa shape index (κ3) is 6.62. The van der Waals surface area contributed by atoms with E-state index in [4.69, 9.17) is 16.1 Å². The summed E-state index contributed by atoms with van der Waals surface area (Å²) in [5.41, 5.74) is 0.808. The van der Waals surface area contributed by atoms with E-state index in [1.54, 1.807) is 12.1 Å². The number of hydrogen-bond acceptors (Lipinski definition) is 5. The van der Waals surface area contributed by atoms with Crippen molar-refractivity contribution >= 4 is 41.5 Å². The minimum Gasteiger partial charge on any atom is -0.393 e. The number of benzene rings is 1. The number of guanidine groups is 1. The number of halogens is 2. The quantitative estimate of drug-likeness (QED) is 0.328. The fourth-order valence-corrected chi connectivity index (χ4v) is 3.13. The number of aliphatic hydroxyl groups is 1. The molecule has 1 saturated carbocycles. The van der Waals surface area contributed by atoms with Crippen LogP contribution in [0.5, 0.6) is 0 Å². The molecule has 1 aromatic carbocycles. The van der Waals surface area contributed by atoms with Gasteiger partial charge in [0.2, 0.25) is 11.7 Å². The van der Waals surface area contributed by atoms with Crippen LogP contribution in [-0.4, -0.2) is 39.9 Å². The maximum absolute atomic E-state index is 9.62. The molecule has 1 aliphatic rings. The highest BCUT2D eigenvalue weighted by Crippen LogP contribution is 2.20. The first-order chi connectivity index (χ1) is 12.6. The van der Waals surface area contributed by atoms with Crippen molar-refractivity contribution in [1.29, 1.82) is 0 Å². The zero-order valence-electron chi connectivity index (χ0n) is 15.2. The van der Waals surface area contributed by atoms with Crippen molar-refractivity contribution in [2.75, 3.05) is 6.54 Å². The lowest BCUT2D eigenvalue weighted by Crippen LogP contribution is -2.45. The number of nitrogens with one attached hydrogen (secondary N) is 2. The molecule has 1 aliphatic carbocycles. The van der Waals surface area contributed by atoms with Gasteiger partial charge in [-0.3, -0.25) is 0 Å². The molecule has 0 unspecified atom stereocenters. The van der Waals surface area contributed by atoms with E-state index in [2.05, 4.69) is 25.8 Å². The molecule has 0 radical (unpaired) electrons. The van der Waals surface area contributed by atoms with Gasteiger partial charge in [0.25, 0.3) is 0 Å². The van der Waals surface area contributed by atoms with Crippen LogP contribution in [0.1, 0.15) is 38.5 Å². The molecule has 0 saturated heterocycles. The summed E-state index contributed by atoms with van der Waals surface area (Å²) >= 11 is 6.00. The SMILES string of the molecule is CCNC(=NCc1nc(-c2cccc(Cl)c2)no1)NC1CCC(O)CC1.I. The zero-order chi connectivity index (χ0) is 18.4. The molecule has 148 valence electrons. The van der Waals surface area contributed by atoms with Crippen molar-refractivity contribution in [3.63, 3.8) is 0 Å². The maximum atomic E-state index is 9.62. The first kappa shape index (κ1) is 21.9. The smallest absolute Gasteiger partial charge is 0.248 e. The predicted octanol–water partition coefficient (Wildman–Crippen LogP) is 3.37. The van der Waals surface area contributed by atoms with Crippen LogP contribution in [0.25, 0.3) is 11.4 Å². The molecule has 27 heavy (non-hydrogen) atoms. The summed E-state index contributed by atoms with van der Waals surface area (Å²) in [5.74, 6) is 1.66. The molecular weight excluding hydrogens is 481 g/mol. The molecule has 7 nitrogen and oxygen atoms in total. The fraction of sp³-hybridized carbons (Fsp3) is 0.500. The molecular formula is C18H25ClIN5O2. The van der Waals surface area contributed by atoms with E-state index in [9.17, 15) is 5.11 Å². The second kappa shape index (κ2) is 10.8. The average molecular weight is 506 g/mol. The van der Waals surface area contributed by atoms with E-state index >= 15 is 0 Å². The van der Waals surface area contributed by atoms with Crippen LogP contribution < -0.4 is 10.6 Å². The minimum absolute atomic E-state index is 0. The van der Waals surface area contributed by atoms with Crippen LogP contribution >= 0.6 is 35.6 Å². The van der Waals surface area contributed by atoms with E-state index in [0.717, 1.165) is 43.8 Å². The second-order valence-electron chi connectivity index (χ2n) is 6.37. The molecule has 0 bridgehead atoms. The van der Waals surface area contributed by atoms with E-state index in [1.807, 2.05) is 19.1 Å². The Morgan fingerprint density at radius 2 is 2.11 bits per heavy atom. The summed E-state index contributed by atoms with van der Waals surface area (Å²) in [6.07, 6.45) is 3.35. The summed E-state index contributed by atoms with van der Waals surface area (Å²) in [4.78, 5) is 8.91. The molecule has 0 amide bonds. The Balaban J connectivity index is 0.00000261. The van der Waals surface area contributed by atoms with E-state index in [-0.39, 0.29) is 36.6 Å². The number of rotatable bonds is 5. The summed E-state index contributed by atoms with van der Waals surface area (Å²) in [7, 11) is 0. The van der Waals surface area contributed by atoms with Gasteiger partial charge in [-0.05, 0) is 44.7 Å². The fourth-order valence-electron chi connectivity index (χ4n) is 2.94. The Labute approximate surface area is 181 Å². The summed E-state index contributed by atoms with van der Waals surface area (Å²) < 4.78 is 5.29. The van der Waals surface area contributed by atoms with Crippen molar-refractivity contribution < 1.29 is 9.63 Å². The average Bonchev–Trinajstić information content (AvgIpc) is 3.11. The van der Waals surface area contributed by atoms with Crippen LogP contribution in [0.2, 0.25) is 5.02 Å². The van der Waals surface area contributed by atoms with Crippen LogP contribution in [0.3, 0.4) is 0 Å². The molecule has 0 atom stereocenters. The highest BCUT2D eigenvalue weighted by atomic mass is 127. The van der Waals surface area contributed by atoms with Gasteiger partial charge < -0.3 is 20.3 Å². The zero-order valence-corrected chi connectivity index (χ0v) is 18.3. The monoisotopic (exact) mass is 505 g/mol. The van der Waals surface area contributed by atoms with Gasteiger partial charge in [-0.25, -0.2) is 4.99 Å². The van der Waals surface area contributed by atoms with Gasteiger partial charge in [-0.2, -0.15) is 4.98 Å². The van der Waals surface area contributed by atoms with Crippen LogP contribution in [0.4, 0.5) is 0 Å². The third-order valence-electron chi connectivity index (χ3n) is 4.31. The lowest BCUT2D eigenvalue weighted by atomic mass is 9.93. The molecule has 2 aromatic rings. The predicted molar refractivity (Wildman–Crippen MR) is 116 cm³/mol. The van der Waals surface area contributed by atoms with Crippen LogP contribution in [0, 0.1) is 0 Å². The van der Waals surface area contributed by atoms with Gasteiger partial charge in [-0.1, -0.05) is 28.9 Å². The first-order valence-electron chi connectivity index (χ1n) is 8.95. The lowest BCUT2D eigenvalue weighted by Gasteiger charge is -2.27. The van der Waals surface area contributed by atoms with Crippen LogP contribution in [0.15, 0.2) is 33.8 Å². The van der Waals surface area contributed by atoms with Crippen molar-refractivity contribution in [2.24, 2.45) is 4.99 Å². The Morgan fingerprint density at radius 3 is 2.81 bits per heavy atom. The molecule has 1 heterocycles. The van der Waals surface area contributed by atoms with Gasteiger partial charge in [0.15, 0.2) is 5.96 Å². The number of aromatic nitrogens is 2. The van der Waals surface area contributed by atoms with Gasteiger partial charge in [0.1, 0.15) is 6.54 Å². The maximum Gasteiger partial charge on any atom is 0.248 e. The van der Waals surface area contributed by atoms with Crippen molar-refractivity contribution in [3.05, 3.63) is 35.2 Å².